The number of ether oxygens (including phenoxy) is 1. The van der Waals surface area contributed by atoms with E-state index in [1.54, 1.807) is 0 Å². The summed E-state index contributed by atoms with van der Waals surface area (Å²) in [4.78, 5) is 4.28. The number of aromatic nitrogens is 2. The number of hydrogen-bond donors (Lipinski definition) is 1. The van der Waals surface area contributed by atoms with Crippen LogP contribution >= 0.6 is 0 Å². The topological polar surface area (TPSA) is 53.1 Å². The maximum absolute atomic E-state index is 5.85. The first-order valence-corrected chi connectivity index (χ1v) is 5.66. The van der Waals surface area contributed by atoms with Gasteiger partial charge in [-0.25, -0.2) is 4.98 Å². The summed E-state index contributed by atoms with van der Waals surface area (Å²) >= 11 is 0. The van der Waals surface area contributed by atoms with Crippen LogP contribution in [-0.2, 0) is 0 Å². The lowest BCUT2D eigenvalue weighted by Gasteiger charge is -2.11. The molecule has 2 N–H and O–H groups in total. The minimum absolute atomic E-state index is 0.607. The molecule has 0 radical (unpaired) electrons. The summed E-state index contributed by atoms with van der Waals surface area (Å²) in [5, 5.41) is 0. The third kappa shape index (κ3) is 2.11. The Kier molecular flexibility index (Phi) is 3.04. The molecule has 0 atom stereocenters. The van der Waals surface area contributed by atoms with Gasteiger partial charge >= 0.3 is 0 Å². The van der Waals surface area contributed by atoms with Gasteiger partial charge in [-0.2, -0.15) is 0 Å². The molecule has 90 valence electrons. The number of anilines is 1. The number of nitrogens with zero attached hydrogens (tertiary/aromatic N) is 2. The van der Waals surface area contributed by atoms with E-state index in [-0.39, 0.29) is 0 Å². The van der Waals surface area contributed by atoms with Gasteiger partial charge in [0, 0.05) is 11.8 Å². The molecule has 0 saturated heterocycles. The van der Waals surface area contributed by atoms with Crippen LogP contribution in [-0.4, -0.2) is 16.2 Å². The van der Waals surface area contributed by atoms with Crippen LogP contribution in [0.4, 0.5) is 5.69 Å². The van der Waals surface area contributed by atoms with Gasteiger partial charge in [-0.3, -0.25) is 0 Å². The van der Waals surface area contributed by atoms with Crippen molar-refractivity contribution in [3.63, 3.8) is 0 Å². The summed E-state index contributed by atoms with van der Waals surface area (Å²) < 4.78 is 7.51. The molecule has 0 fully saturated rings. The smallest absolute Gasteiger partial charge is 0.144 e. The van der Waals surface area contributed by atoms with E-state index in [4.69, 9.17) is 10.5 Å². The van der Waals surface area contributed by atoms with Gasteiger partial charge in [-0.05, 0) is 32.9 Å². The van der Waals surface area contributed by atoms with E-state index in [0.717, 1.165) is 22.8 Å². The van der Waals surface area contributed by atoms with E-state index in [1.807, 2.05) is 49.9 Å². The molecule has 1 aromatic carbocycles. The van der Waals surface area contributed by atoms with Crippen LogP contribution in [0.15, 0.2) is 24.5 Å². The van der Waals surface area contributed by atoms with Crippen LogP contribution in [0.5, 0.6) is 5.75 Å². The van der Waals surface area contributed by atoms with Crippen molar-refractivity contribution in [3.8, 4) is 11.4 Å². The number of imidazole rings is 1. The molecule has 0 bridgehead atoms. The van der Waals surface area contributed by atoms with Crippen LogP contribution < -0.4 is 10.5 Å². The van der Waals surface area contributed by atoms with Gasteiger partial charge < -0.3 is 15.0 Å². The molecule has 0 amide bonds. The van der Waals surface area contributed by atoms with Gasteiger partial charge in [0.25, 0.3) is 0 Å². The van der Waals surface area contributed by atoms with Gasteiger partial charge in [0.15, 0.2) is 0 Å². The summed E-state index contributed by atoms with van der Waals surface area (Å²) in [5.41, 5.74) is 9.67. The highest BCUT2D eigenvalue weighted by Crippen LogP contribution is 2.25. The second-order valence-electron chi connectivity index (χ2n) is 3.94. The predicted octanol–water partition coefficient (Wildman–Crippen LogP) is 2.47. The third-order valence-corrected chi connectivity index (χ3v) is 2.83. The highest BCUT2D eigenvalue weighted by atomic mass is 16.5. The number of benzene rings is 1. The van der Waals surface area contributed by atoms with Gasteiger partial charge in [-0.15, -0.1) is 0 Å². The Balaban J connectivity index is 2.46. The highest BCUT2D eigenvalue weighted by Gasteiger charge is 2.07. The van der Waals surface area contributed by atoms with Crippen molar-refractivity contribution in [2.75, 3.05) is 12.3 Å². The Labute approximate surface area is 101 Å². The number of aryl methyl sites for hydroxylation is 1. The van der Waals surface area contributed by atoms with Crippen LogP contribution in [0.25, 0.3) is 5.69 Å². The van der Waals surface area contributed by atoms with Crippen LogP contribution in [0.3, 0.4) is 0 Å². The Morgan fingerprint density at radius 3 is 2.71 bits per heavy atom. The zero-order valence-corrected chi connectivity index (χ0v) is 10.4. The fraction of sp³-hybridized carbons (Fsp3) is 0.308. The average molecular weight is 231 g/mol. The van der Waals surface area contributed by atoms with Crippen molar-refractivity contribution in [1.29, 1.82) is 0 Å². The molecule has 1 aromatic heterocycles. The number of nitrogen functional groups attached to an aromatic ring is 1. The zero-order valence-electron chi connectivity index (χ0n) is 10.4. The summed E-state index contributed by atoms with van der Waals surface area (Å²) in [7, 11) is 0. The molecule has 0 aliphatic rings. The molecule has 0 saturated carbocycles. The fourth-order valence-electron chi connectivity index (χ4n) is 1.71. The van der Waals surface area contributed by atoms with Gasteiger partial charge in [0.2, 0.25) is 0 Å². The second kappa shape index (κ2) is 4.49. The number of hydrogen-bond acceptors (Lipinski definition) is 3. The summed E-state index contributed by atoms with van der Waals surface area (Å²) in [5.74, 6) is 0.718. The second-order valence-corrected chi connectivity index (χ2v) is 3.94. The normalized spacial score (nSPS) is 10.5. The van der Waals surface area contributed by atoms with E-state index in [1.165, 1.54) is 0 Å². The van der Waals surface area contributed by atoms with Crippen LogP contribution in [0.1, 0.15) is 18.3 Å². The minimum Gasteiger partial charge on any atom is -0.492 e. The molecule has 1 heterocycles. The first-order chi connectivity index (χ1) is 8.13. The molecule has 2 aromatic rings. The first kappa shape index (κ1) is 11.5. The van der Waals surface area contributed by atoms with Crippen molar-refractivity contribution in [2.45, 2.75) is 20.8 Å². The summed E-state index contributed by atoms with van der Waals surface area (Å²) in [6, 6.07) is 5.76. The van der Waals surface area contributed by atoms with E-state index < -0.39 is 0 Å². The maximum Gasteiger partial charge on any atom is 0.144 e. The molecule has 0 unspecified atom stereocenters. The first-order valence-electron chi connectivity index (χ1n) is 5.66. The van der Waals surface area contributed by atoms with Crippen molar-refractivity contribution in [3.05, 3.63) is 35.9 Å². The molecular weight excluding hydrogens is 214 g/mol. The molecule has 2 rings (SSSR count). The van der Waals surface area contributed by atoms with Gasteiger partial charge in [-0.1, -0.05) is 0 Å². The van der Waals surface area contributed by atoms with Gasteiger partial charge in [0.1, 0.15) is 5.75 Å². The number of nitrogens with two attached hydrogens (primary N) is 1. The molecule has 0 aliphatic heterocycles. The Morgan fingerprint density at radius 1 is 1.35 bits per heavy atom. The zero-order chi connectivity index (χ0) is 12.4. The lowest BCUT2D eigenvalue weighted by Crippen LogP contribution is -2.00. The number of rotatable bonds is 3. The molecule has 4 nitrogen and oxygen atoms in total. The standard InChI is InChI=1S/C13H17N3O/c1-4-17-13-7-11(5-6-12(13)14)16-8-15-9(2)10(16)3/h5-8H,4,14H2,1-3H3. The third-order valence-electron chi connectivity index (χ3n) is 2.83. The van der Waals surface area contributed by atoms with Crippen molar-refractivity contribution < 1.29 is 4.74 Å². The Morgan fingerprint density at radius 2 is 2.12 bits per heavy atom. The SMILES string of the molecule is CCOc1cc(-n2cnc(C)c2C)ccc1N. The monoisotopic (exact) mass is 231 g/mol. The Hall–Kier alpha value is -1.97. The quantitative estimate of drug-likeness (QED) is 0.825. The minimum atomic E-state index is 0.607. The van der Waals surface area contributed by atoms with Crippen molar-refractivity contribution >= 4 is 5.69 Å². The molecule has 0 aliphatic carbocycles. The largest absolute Gasteiger partial charge is 0.492 e. The summed E-state index contributed by atoms with van der Waals surface area (Å²) in [6.07, 6.45) is 1.81. The van der Waals surface area contributed by atoms with Gasteiger partial charge in [0.05, 0.1) is 30.0 Å². The lowest BCUT2D eigenvalue weighted by molar-refractivity contribution is 0.342. The van der Waals surface area contributed by atoms with Crippen LogP contribution in [0, 0.1) is 13.8 Å². The van der Waals surface area contributed by atoms with Crippen LogP contribution in [0.2, 0.25) is 0 Å². The van der Waals surface area contributed by atoms with E-state index in [9.17, 15) is 0 Å². The van der Waals surface area contributed by atoms with E-state index >= 15 is 0 Å². The van der Waals surface area contributed by atoms with Crippen molar-refractivity contribution in [2.24, 2.45) is 0 Å². The summed E-state index contributed by atoms with van der Waals surface area (Å²) in [6.45, 7) is 6.58. The van der Waals surface area contributed by atoms with E-state index in [2.05, 4.69) is 4.98 Å². The maximum atomic E-state index is 5.85. The fourth-order valence-corrected chi connectivity index (χ4v) is 1.71. The molecule has 17 heavy (non-hydrogen) atoms. The average Bonchev–Trinajstić information content (AvgIpc) is 2.64. The molecular formula is C13H17N3O. The predicted molar refractivity (Wildman–Crippen MR) is 68.6 cm³/mol. The molecule has 4 heteroatoms. The van der Waals surface area contributed by atoms with Crippen molar-refractivity contribution in [1.82, 2.24) is 9.55 Å². The lowest BCUT2D eigenvalue weighted by atomic mass is 10.2. The highest BCUT2D eigenvalue weighted by molar-refractivity contribution is 5.57. The molecule has 0 spiro atoms. The Bertz CT molecular complexity index is 531. The van der Waals surface area contributed by atoms with E-state index in [0.29, 0.717) is 12.3 Å².